The van der Waals surface area contributed by atoms with Crippen molar-refractivity contribution >= 4 is 17.5 Å². The van der Waals surface area contributed by atoms with Gasteiger partial charge >= 0.3 is 0 Å². The largest absolute Gasteiger partial charge is 0.369 e. The Balaban J connectivity index is 2.25. The van der Waals surface area contributed by atoms with Crippen molar-refractivity contribution in [2.24, 2.45) is 5.73 Å². The van der Waals surface area contributed by atoms with Crippen molar-refractivity contribution in [3.63, 3.8) is 0 Å². The predicted molar refractivity (Wildman–Crippen MR) is 76.3 cm³/mol. The van der Waals surface area contributed by atoms with Crippen LogP contribution in [0, 0.1) is 0 Å². The van der Waals surface area contributed by atoms with Crippen LogP contribution < -0.4 is 5.73 Å². The van der Waals surface area contributed by atoms with Gasteiger partial charge in [-0.15, -0.1) is 0 Å². The molecule has 1 aliphatic carbocycles. The summed E-state index contributed by atoms with van der Waals surface area (Å²) in [5.41, 5.74) is 9.94. The summed E-state index contributed by atoms with van der Waals surface area (Å²) in [6.07, 6.45) is 1.84. The molecule has 0 heterocycles. The molecule has 2 nitrogen and oxygen atoms in total. The second-order valence-electron chi connectivity index (χ2n) is 4.88. The zero-order valence-electron chi connectivity index (χ0n) is 10.4. The molecule has 2 aromatic carbocycles. The molecule has 1 amide bonds. The minimum Gasteiger partial charge on any atom is -0.369 e. The first-order valence-electron chi connectivity index (χ1n) is 6.32. The van der Waals surface area contributed by atoms with Crippen molar-refractivity contribution in [1.82, 2.24) is 0 Å². The van der Waals surface area contributed by atoms with Crippen LogP contribution in [0.1, 0.15) is 28.2 Å². The summed E-state index contributed by atoms with van der Waals surface area (Å²) in [6.45, 7) is 0. The zero-order chi connectivity index (χ0) is 13.4. The Morgan fingerprint density at radius 2 is 1.74 bits per heavy atom. The minimum atomic E-state index is -0.396. The van der Waals surface area contributed by atoms with Crippen molar-refractivity contribution in [2.75, 3.05) is 0 Å². The number of carbonyl (C=O) groups excluding carboxylic acids is 1. The fourth-order valence-electron chi connectivity index (χ4n) is 2.85. The normalized spacial score (nSPS) is 17.2. The maximum absolute atomic E-state index is 11.9. The molecule has 0 fully saturated rings. The second kappa shape index (κ2) is 4.71. The first-order chi connectivity index (χ1) is 9.16. The highest BCUT2D eigenvalue weighted by Gasteiger charge is 2.27. The van der Waals surface area contributed by atoms with Crippen LogP contribution in [0.5, 0.6) is 0 Å². The smallest absolute Gasteiger partial charge is 0.229 e. The molecule has 0 unspecified atom stereocenters. The summed E-state index contributed by atoms with van der Waals surface area (Å²) >= 11 is 6.07. The average molecular weight is 272 g/mol. The Morgan fingerprint density at radius 3 is 2.47 bits per heavy atom. The van der Waals surface area contributed by atoms with Gasteiger partial charge in [-0.25, -0.2) is 0 Å². The fourth-order valence-corrected chi connectivity index (χ4v) is 3.03. The van der Waals surface area contributed by atoms with Gasteiger partial charge in [0.25, 0.3) is 0 Å². The molecular weight excluding hydrogens is 258 g/mol. The number of benzene rings is 2. The maximum Gasteiger partial charge on any atom is 0.229 e. The lowest BCUT2D eigenvalue weighted by Gasteiger charge is -2.17. The van der Waals surface area contributed by atoms with E-state index in [1.54, 1.807) is 0 Å². The van der Waals surface area contributed by atoms with Gasteiger partial charge in [-0.05, 0) is 47.2 Å². The highest BCUT2D eigenvalue weighted by molar-refractivity contribution is 6.30. The molecule has 0 saturated heterocycles. The molecule has 3 heteroatoms. The summed E-state index contributed by atoms with van der Waals surface area (Å²) in [7, 11) is 0. The number of rotatable bonds is 1. The van der Waals surface area contributed by atoms with Crippen LogP contribution in [0.3, 0.4) is 0 Å². The number of hydrogen-bond donors (Lipinski definition) is 1. The lowest BCUT2D eigenvalue weighted by Crippen LogP contribution is -2.23. The third-order valence-electron chi connectivity index (χ3n) is 3.73. The van der Waals surface area contributed by atoms with E-state index in [1.165, 1.54) is 5.56 Å². The van der Waals surface area contributed by atoms with Crippen LogP contribution >= 0.6 is 11.6 Å². The average Bonchev–Trinajstić information content (AvgIpc) is 2.54. The summed E-state index contributed by atoms with van der Waals surface area (Å²) in [5, 5.41) is 0.643. The van der Waals surface area contributed by atoms with E-state index < -0.39 is 5.92 Å². The van der Waals surface area contributed by atoms with Crippen LogP contribution in [0.25, 0.3) is 0 Å². The van der Waals surface area contributed by atoms with E-state index in [9.17, 15) is 4.79 Å². The molecule has 1 atom stereocenters. The summed E-state index contributed by atoms with van der Waals surface area (Å²) in [5.74, 6) is -0.717. The van der Waals surface area contributed by atoms with Crippen molar-refractivity contribution in [2.45, 2.75) is 18.8 Å². The number of amides is 1. The van der Waals surface area contributed by atoms with Gasteiger partial charge in [0.05, 0.1) is 5.92 Å². The standard InChI is InChI=1S/C16H14ClNO/c17-12-8-7-11-6-5-10-3-1-2-4-13(10)15(16(18)19)14(11)9-12/h1-4,7-9,15H,5-6H2,(H2,18,19)/t15-/m1/s1. The van der Waals surface area contributed by atoms with Crippen molar-refractivity contribution < 1.29 is 4.79 Å². The van der Waals surface area contributed by atoms with Crippen molar-refractivity contribution in [1.29, 1.82) is 0 Å². The van der Waals surface area contributed by atoms with E-state index >= 15 is 0 Å². The van der Waals surface area contributed by atoms with Crippen LogP contribution in [0.2, 0.25) is 5.02 Å². The topological polar surface area (TPSA) is 43.1 Å². The number of nitrogens with two attached hydrogens (primary N) is 1. The summed E-state index contributed by atoms with van der Waals surface area (Å²) < 4.78 is 0. The quantitative estimate of drug-likeness (QED) is 0.851. The monoisotopic (exact) mass is 271 g/mol. The third-order valence-corrected chi connectivity index (χ3v) is 3.97. The van der Waals surface area contributed by atoms with Gasteiger partial charge in [-0.2, -0.15) is 0 Å². The van der Waals surface area contributed by atoms with E-state index in [0.29, 0.717) is 5.02 Å². The first-order valence-corrected chi connectivity index (χ1v) is 6.70. The van der Waals surface area contributed by atoms with Gasteiger partial charge in [-0.1, -0.05) is 41.9 Å². The molecule has 0 spiro atoms. The number of aryl methyl sites for hydroxylation is 2. The van der Waals surface area contributed by atoms with E-state index in [4.69, 9.17) is 17.3 Å². The molecule has 19 heavy (non-hydrogen) atoms. The Kier molecular flexibility index (Phi) is 3.03. The molecule has 0 radical (unpaired) electrons. The van der Waals surface area contributed by atoms with Crippen LogP contribution in [-0.4, -0.2) is 5.91 Å². The number of hydrogen-bond acceptors (Lipinski definition) is 1. The van der Waals surface area contributed by atoms with Gasteiger partial charge in [-0.3, -0.25) is 4.79 Å². The Hall–Kier alpha value is -1.80. The summed E-state index contributed by atoms with van der Waals surface area (Å²) in [6, 6.07) is 13.7. The number of carbonyl (C=O) groups is 1. The Morgan fingerprint density at radius 1 is 1.05 bits per heavy atom. The molecule has 96 valence electrons. The predicted octanol–water partition coefficient (Wildman–Crippen LogP) is 3.06. The van der Waals surface area contributed by atoms with Gasteiger partial charge in [0.15, 0.2) is 0 Å². The number of halogens is 1. The SMILES string of the molecule is NC(=O)[C@@H]1c2ccccc2CCc2ccc(Cl)cc21. The lowest BCUT2D eigenvalue weighted by atomic mass is 9.87. The number of fused-ring (bicyclic) bond motifs is 2. The lowest BCUT2D eigenvalue weighted by molar-refractivity contribution is -0.118. The molecule has 1 aliphatic rings. The van der Waals surface area contributed by atoms with E-state index in [-0.39, 0.29) is 5.91 Å². The van der Waals surface area contributed by atoms with Gasteiger partial charge in [0, 0.05) is 5.02 Å². The number of primary amides is 1. The highest BCUT2D eigenvalue weighted by Crippen LogP contribution is 2.35. The first kappa shape index (κ1) is 12.2. The second-order valence-corrected chi connectivity index (χ2v) is 5.31. The molecular formula is C16H14ClNO. The molecule has 0 bridgehead atoms. The van der Waals surface area contributed by atoms with Crippen molar-refractivity contribution in [3.8, 4) is 0 Å². The van der Waals surface area contributed by atoms with E-state index in [1.807, 2.05) is 36.4 Å². The van der Waals surface area contributed by atoms with Gasteiger partial charge in [0.2, 0.25) is 5.91 Å². The third kappa shape index (κ3) is 2.13. The van der Waals surface area contributed by atoms with Crippen LogP contribution in [0.4, 0.5) is 0 Å². The fraction of sp³-hybridized carbons (Fsp3) is 0.188. The van der Waals surface area contributed by atoms with Crippen LogP contribution in [0.15, 0.2) is 42.5 Å². The molecule has 0 aliphatic heterocycles. The van der Waals surface area contributed by atoms with E-state index in [2.05, 4.69) is 6.07 Å². The van der Waals surface area contributed by atoms with Gasteiger partial charge < -0.3 is 5.73 Å². The molecule has 0 saturated carbocycles. The molecule has 2 N–H and O–H groups in total. The summed E-state index contributed by atoms with van der Waals surface area (Å²) in [4.78, 5) is 11.9. The Labute approximate surface area is 117 Å². The molecule has 2 aromatic rings. The molecule has 0 aromatic heterocycles. The minimum absolute atomic E-state index is 0.321. The Bertz CT molecular complexity index is 651. The van der Waals surface area contributed by atoms with Crippen LogP contribution in [-0.2, 0) is 17.6 Å². The van der Waals surface area contributed by atoms with Crippen molar-refractivity contribution in [3.05, 3.63) is 69.7 Å². The van der Waals surface area contributed by atoms with Gasteiger partial charge in [0.1, 0.15) is 0 Å². The van der Waals surface area contributed by atoms with E-state index in [0.717, 1.165) is 29.5 Å². The maximum atomic E-state index is 11.9. The zero-order valence-corrected chi connectivity index (χ0v) is 11.2. The molecule has 3 rings (SSSR count). The highest BCUT2D eigenvalue weighted by atomic mass is 35.5.